The second kappa shape index (κ2) is 9.56. The average molecular weight is 381 g/mol. The zero-order valence-electron chi connectivity index (χ0n) is 16.9. The van der Waals surface area contributed by atoms with Crippen molar-refractivity contribution < 1.29 is 4.79 Å². The van der Waals surface area contributed by atoms with Crippen LogP contribution < -0.4 is 0 Å². The first kappa shape index (κ1) is 21.0. The lowest BCUT2D eigenvalue weighted by molar-refractivity contribution is 0.102. The molecule has 0 N–H and O–H groups in total. The summed E-state index contributed by atoms with van der Waals surface area (Å²) in [6.07, 6.45) is 3.62. The molecule has 0 aromatic heterocycles. The minimum atomic E-state index is 0.151. The Kier molecular flexibility index (Phi) is 7.43. The van der Waals surface area contributed by atoms with E-state index in [-0.39, 0.29) is 5.78 Å². The maximum Gasteiger partial charge on any atom is 0.173 e. The van der Waals surface area contributed by atoms with E-state index in [0.717, 1.165) is 33.8 Å². The Bertz CT molecular complexity index is 871. The second-order valence-corrected chi connectivity index (χ2v) is 7.93. The maximum absolute atomic E-state index is 12.7. The lowest BCUT2D eigenvalue weighted by Gasteiger charge is -2.12. The summed E-state index contributed by atoms with van der Waals surface area (Å²) in [5, 5.41) is 0. The summed E-state index contributed by atoms with van der Waals surface area (Å²) < 4.78 is 0. The van der Waals surface area contributed by atoms with Gasteiger partial charge < -0.3 is 4.90 Å². The lowest BCUT2D eigenvalue weighted by Crippen LogP contribution is -2.15. The van der Waals surface area contributed by atoms with Gasteiger partial charge in [-0.05, 0) is 74.2 Å². The van der Waals surface area contributed by atoms with Crippen LogP contribution in [0.3, 0.4) is 0 Å². The number of nitrogens with zero attached hydrogens (tertiary/aromatic N) is 2. The predicted octanol–water partition coefficient (Wildman–Crippen LogP) is 5.67. The van der Waals surface area contributed by atoms with E-state index >= 15 is 0 Å². The normalized spacial score (nSPS) is 11.0. The molecule has 0 fully saturated rings. The van der Waals surface area contributed by atoms with E-state index in [2.05, 4.69) is 43.6 Å². The molecule has 0 aliphatic rings. The fourth-order valence-corrected chi connectivity index (χ4v) is 3.56. The van der Waals surface area contributed by atoms with Crippen molar-refractivity contribution in [2.75, 3.05) is 19.3 Å². The summed E-state index contributed by atoms with van der Waals surface area (Å²) in [5.74, 6) is 0.589. The minimum Gasteiger partial charge on any atom is -0.362 e. The van der Waals surface area contributed by atoms with Gasteiger partial charge in [-0.3, -0.25) is 4.79 Å². The maximum atomic E-state index is 12.7. The van der Waals surface area contributed by atoms with E-state index in [9.17, 15) is 4.79 Å². The van der Waals surface area contributed by atoms with Gasteiger partial charge in [-0.1, -0.05) is 12.1 Å². The van der Waals surface area contributed by atoms with Crippen molar-refractivity contribution in [3.8, 4) is 0 Å². The monoisotopic (exact) mass is 380 g/mol. The molecule has 0 saturated heterocycles. The molecular weight excluding hydrogens is 352 g/mol. The molecule has 4 heteroatoms. The summed E-state index contributed by atoms with van der Waals surface area (Å²) in [7, 11) is 1.95. The zero-order valence-corrected chi connectivity index (χ0v) is 17.7. The number of likely N-dealkylation sites (N-methyl/N-ethyl adjacent to an activating group) is 1. The number of Topliss-reactive ketones (excluding diaryl/α,β-unsaturated/α-hetero) is 1. The molecule has 0 unspecified atom stereocenters. The fourth-order valence-electron chi connectivity index (χ4n) is 2.68. The lowest BCUT2D eigenvalue weighted by atomic mass is 10.0. The first-order valence-corrected chi connectivity index (χ1v) is 10.00. The zero-order chi connectivity index (χ0) is 20.0. The van der Waals surface area contributed by atoms with Gasteiger partial charge in [-0.15, -0.1) is 18.3 Å². The highest BCUT2D eigenvalue weighted by Gasteiger charge is 2.12. The quantitative estimate of drug-likeness (QED) is 0.194. The summed E-state index contributed by atoms with van der Waals surface area (Å²) in [6, 6.07) is 10.3. The number of hydrogen-bond acceptors (Lipinski definition) is 3. The second-order valence-electron chi connectivity index (χ2n) is 6.88. The molecular formula is C23H28N2OS. The molecule has 27 heavy (non-hydrogen) atoms. The van der Waals surface area contributed by atoms with Crippen LogP contribution in [0.2, 0.25) is 0 Å². The first-order chi connectivity index (χ1) is 12.8. The van der Waals surface area contributed by atoms with Gasteiger partial charge >= 0.3 is 0 Å². The number of benzene rings is 2. The molecule has 2 aromatic carbocycles. The van der Waals surface area contributed by atoms with Crippen LogP contribution in [0, 0.1) is 27.7 Å². The molecule has 0 aliphatic carbocycles. The molecule has 142 valence electrons. The number of aryl methyl sites for hydroxylation is 4. The Hall–Kier alpha value is -2.33. The van der Waals surface area contributed by atoms with Crippen LogP contribution in [0.5, 0.6) is 0 Å². The van der Waals surface area contributed by atoms with Crippen LogP contribution in [0.4, 0.5) is 5.69 Å². The van der Waals surface area contributed by atoms with Crippen LogP contribution in [-0.4, -0.2) is 36.4 Å². The van der Waals surface area contributed by atoms with Crippen molar-refractivity contribution in [2.24, 2.45) is 4.99 Å². The summed E-state index contributed by atoms with van der Waals surface area (Å²) in [4.78, 5) is 20.4. The highest BCUT2D eigenvalue weighted by atomic mass is 32.2. The van der Waals surface area contributed by atoms with Gasteiger partial charge in [0.1, 0.15) is 0 Å². The van der Waals surface area contributed by atoms with Crippen molar-refractivity contribution >= 4 is 29.6 Å². The minimum absolute atomic E-state index is 0.151. The predicted molar refractivity (Wildman–Crippen MR) is 118 cm³/mol. The molecule has 0 aliphatic heterocycles. The van der Waals surface area contributed by atoms with Gasteiger partial charge in [-0.25, -0.2) is 4.99 Å². The Labute approximate surface area is 167 Å². The molecule has 0 atom stereocenters. The van der Waals surface area contributed by atoms with E-state index in [4.69, 9.17) is 0 Å². The van der Waals surface area contributed by atoms with Crippen LogP contribution in [0.1, 0.15) is 32.6 Å². The summed E-state index contributed by atoms with van der Waals surface area (Å²) in [6.45, 7) is 12.6. The van der Waals surface area contributed by atoms with E-state index in [1.54, 1.807) is 18.1 Å². The third kappa shape index (κ3) is 5.83. The standard InChI is InChI=1S/C23H28N2OS/c1-7-10-25(6)15-24-22-13-18(4)21(12-19(22)5)23(26)14-27-20-9-8-16(2)17(3)11-20/h7-9,11-13,15H,1,10,14H2,2-6H3. The Morgan fingerprint density at radius 2 is 1.81 bits per heavy atom. The van der Waals surface area contributed by atoms with Gasteiger partial charge in [-0.2, -0.15) is 0 Å². The number of rotatable bonds is 8. The van der Waals surface area contributed by atoms with Crippen LogP contribution in [-0.2, 0) is 0 Å². The van der Waals surface area contributed by atoms with Crippen molar-refractivity contribution in [1.29, 1.82) is 0 Å². The van der Waals surface area contributed by atoms with Crippen LogP contribution in [0.25, 0.3) is 0 Å². The largest absolute Gasteiger partial charge is 0.362 e. The van der Waals surface area contributed by atoms with Crippen molar-refractivity contribution in [1.82, 2.24) is 4.90 Å². The van der Waals surface area contributed by atoms with Crippen molar-refractivity contribution in [3.05, 3.63) is 70.8 Å². The third-order valence-corrected chi connectivity index (χ3v) is 5.50. The van der Waals surface area contributed by atoms with E-state index in [1.165, 1.54) is 11.1 Å². The Morgan fingerprint density at radius 3 is 2.48 bits per heavy atom. The van der Waals surface area contributed by atoms with Gasteiger partial charge in [0.15, 0.2) is 5.78 Å². The molecule has 0 amide bonds. The molecule has 0 heterocycles. The summed E-state index contributed by atoms with van der Waals surface area (Å²) >= 11 is 1.59. The van der Waals surface area contributed by atoms with E-state index in [0.29, 0.717) is 5.75 Å². The summed E-state index contributed by atoms with van der Waals surface area (Å²) in [5.41, 5.74) is 6.16. The number of carbonyl (C=O) groups excluding carboxylic acids is 1. The smallest absolute Gasteiger partial charge is 0.173 e. The van der Waals surface area contributed by atoms with Gasteiger partial charge in [0.25, 0.3) is 0 Å². The number of carbonyl (C=O) groups is 1. The fraction of sp³-hybridized carbons (Fsp3) is 0.304. The molecule has 0 saturated carbocycles. The van der Waals surface area contributed by atoms with Gasteiger partial charge in [0, 0.05) is 24.1 Å². The number of ketones is 1. The Balaban J connectivity index is 2.11. The van der Waals surface area contributed by atoms with Crippen LogP contribution in [0.15, 0.2) is 52.9 Å². The SMILES string of the molecule is C=CCN(C)C=Nc1cc(C)c(C(=O)CSc2ccc(C)c(C)c2)cc1C. The van der Waals surface area contributed by atoms with E-state index < -0.39 is 0 Å². The van der Waals surface area contributed by atoms with Crippen LogP contribution >= 0.6 is 11.8 Å². The van der Waals surface area contributed by atoms with Crippen molar-refractivity contribution in [2.45, 2.75) is 32.6 Å². The topological polar surface area (TPSA) is 32.7 Å². The molecule has 0 bridgehead atoms. The number of thioether (sulfide) groups is 1. The molecule has 0 radical (unpaired) electrons. The van der Waals surface area contributed by atoms with Gasteiger partial charge in [0.2, 0.25) is 0 Å². The first-order valence-electron chi connectivity index (χ1n) is 9.01. The third-order valence-electron chi connectivity index (χ3n) is 4.50. The highest BCUT2D eigenvalue weighted by Crippen LogP contribution is 2.26. The van der Waals surface area contributed by atoms with Gasteiger partial charge in [0.05, 0.1) is 17.8 Å². The van der Waals surface area contributed by atoms with Crippen molar-refractivity contribution in [3.63, 3.8) is 0 Å². The highest BCUT2D eigenvalue weighted by molar-refractivity contribution is 8.00. The molecule has 2 aromatic rings. The number of aliphatic imine (C=N–C) groups is 1. The average Bonchev–Trinajstić information content (AvgIpc) is 2.63. The molecule has 3 nitrogen and oxygen atoms in total. The van der Waals surface area contributed by atoms with E-state index in [1.807, 2.05) is 44.0 Å². The molecule has 0 spiro atoms. The molecule has 2 rings (SSSR count). The number of hydrogen-bond donors (Lipinski definition) is 0. The Morgan fingerprint density at radius 1 is 1.07 bits per heavy atom.